The molecule has 1 aromatic rings. The molecule has 4 nitrogen and oxygen atoms in total. The average Bonchev–Trinajstić information content (AvgIpc) is 2.95. The number of fused-ring (bicyclic) bond motifs is 1. The fourth-order valence-corrected chi connectivity index (χ4v) is 4.06. The van der Waals surface area contributed by atoms with Gasteiger partial charge in [-0.05, 0) is 56.2 Å². The van der Waals surface area contributed by atoms with E-state index in [2.05, 4.69) is 16.1 Å². The summed E-state index contributed by atoms with van der Waals surface area (Å²) in [5, 5.41) is 3.22. The molecule has 1 heterocycles. The normalized spacial score (nSPS) is 18.0. The molecule has 3 rings (SSSR count). The largest absolute Gasteiger partial charge is 0.384 e. The Balaban J connectivity index is 1.62. The van der Waals surface area contributed by atoms with Crippen LogP contribution in [0.3, 0.4) is 0 Å². The van der Waals surface area contributed by atoms with Gasteiger partial charge in [-0.2, -0.15) is 0 Å². The number of benzene rings is 1. The van der Waals surface area contributed by atoms with Crippen LogP contribution >= 0.6 is 0 Å². The molecule has 0 saturated heterocycles. The van der Waals surface area contributed by atoms with Gasteiger partial charge in [-0.15, -0.1) is 0 Å². The van der Waals surface area contributed by atoms with E-state index in [1.807, 2.05) is 6.07 Å². The van der Waals surface area contributed by atoms with Gasteiger partial charge in [0.25, 0.3) is 0 Å². The lowest BCUT2D eigenvalue weighted by molar-refractivity contribution is 0.579. The third kappa shape index (κ3) is 3.47. The van der Waals surface area contributed by atoms with Crippen LogP contribution in [0.2, 0.25) is 0 Å². The minimum absolute atomic E-state index is 0.355. The molecule has 0 spiro atoms. The minimum Gasteiger partial charge on any atom is -0.384 e. The van der Waals surface area contributed by atoms with Crippen molar-refractivity contribution < 1.29 is 8.42 Å². The van der Waals surface area contributed by atoms with Crippen molar-refractivity contribution in [1.82, 2.24) is 4.72 Å². The molecule has 5 heteroatoms. The number of hydrogen-bond acceptors (Lipinski definition) is 3. The number of nitrogens with one attached hydrogen (secondary N) is 2. The van der Waals surface area contributed by atoms with Gasteiger partial charge in [-0.3, -0.25) is 0 Å². The number of allylic oxidation sites excluding steroid dienone is 1. The molecule has 0 saturated carbocycles. The van der Waals surface area contributed by atoms with Crippen molar-refractivity contribution in [2.24, 2.45) is 0 Å². The first kappa shape index (κ1) is 14.6. The molecule has 114 valence electrons. The highest BCUT2D eigenvalue weighted by Crippen LogP contribution is 2.25. The summed E-state index contributed by atoms with van der Waals surface area (Å²) in [6, 6.07) is 5.35. The van der Waals surface area contributed by atoms with E-state index in [4.69, 9.17) is 0 Å². The van der Waals surface area contributed by atoms with Gasteiger partial charge < -0.3 is 5.32 Å². The Kier molecular flexibility index (Phi) is 4.31. The third-order valence-corrected chi connectivity index (χ3v) is 5.68. The van der Waals surface area contributed by atoms with Gasteiger partial charge in [0, 0.05) is 18.8 Å². The Labute approximate surface area is 126 Å². The van der Waals surface area contributed by atoms with Gasteiger partial charge in [-0.25, -0.2) is 13.1 Å². The van der Waals surface area contributed by atoms with Gasteiger partial charge in [0.2, 0.25) is 10.0 Å². The predicted molar refractivity (Wildman–Crippen MR) is 85.0 cm³/mol. The van der Waals surface area contributed by atoms with E-state index in [0.29, 0.717) is 11.4 Å². The van der Waals surface area contributed by atoms with Crippen molar-refractivity contribution in [3.8, 4) is 0 Å². The first-order valence-corrected chi connectivity index (χ1v) is 9.18. The summed E-state index contributed by atoms with van der Waals surface area (Å²) in [5.74, 6) is 0. The molecule has 1 aromatic carbocycles. The summed E-state index contributed by atoms with van der Waals surface area (Å²) < 4.78 is 27.3. The third-order valence-electron chi connectivity index (χ3n) is 4.22. The Morgan fingerprint density at radius 3 is 2.90 bits per heavy atom. The summed E-state index contributed by atoms with van der Waals surface area (Å²) in [6.07, 6.45) is 8.80. The van der Waals surface area contributed by atoms with E-state index >= 15 is 0 Å². The van der Waals surface area contributed by atoms with Crippen LogP contribution in [0.15, 0.2) is 34.7 Å². The maximum Gasteiger partial charge on any atom is 0.240 e. The molecule has 21 heavy (non-hydrogen) atoms. The van der Waals surface area contributed by atoms with Crippen LogP contribution in [-0.2, 0) is 16.4 Å². The topological polar surface area (TPSA) is 58.2 Å². The molecule has 0 radical (unpaired) electrons. The van der Waals surface area contributed by atoms with E-state index in [1.54, 1.807) is 12.1 Å². The fraction of sp³-hybridized carbons (Fsp3) is 0.500. The van der Waals surface area contributed by atoms with Crippen molar-refractivity contribution in [3.05, 3.63) is 35.4 Å². The van der Waals surface area contributed by atoms with Crippen LogP contribution in [-0.4, -0.2) is 21.5 Å². The molecule has 0 bridgehead atoms. The van der Waals surface area contributed by atoms with Crippen LogP contribution in [0.1, 0.15) is 37.7 Å². The highest BCUT2D eigenvalue weighted by atomic mass is 32.2. The standard InChI is InChI=1S/C16H22N2O2S/c19-21(20,18-11-8-13-4-2-1-3-5-13)15-7-6-14-9-10-17-16(14)12-15/h4,6-7,12,17-18H,1-3,5,8-11H2. The van der Waals surface area contributed by atoms with Gasteiger partial charge in [0.15, 0.2) is 0 Å². The number of rotatable bonds is 5. The van der Waals surface area contributed by atoms with Gasteiger partial charge in [0.05, 0.1) is 4.90 Å². The van der Waals surface area contributed by atoms with Crippen molar-refractivity contribution in [2.75, 3.05) is 18.4 Å². The zero-order valence-corrected chi connectivity index (χ0v) is 13.0. The van der Waals surface area contributed by atoms with Crippen LogP contribution < -0.4 is 10.0 Å². The summed E-state index contributed by atoms with van der Waals surface area (Å²) in [4.78, 5) is 0.355. The fourth-order valence-electron chi connectivity index (χ4n) is 3.00. The van der Waals surface area contributed by atoms with E-state index in [1.165, 1.54) is 24.0 Å². The van der Waals surface area contributed by atoms with E-state index < -0.39 is 10.0 Å². The molecule has 0 atom stereocenters. The lowest BCUT2D eigenvalue weighted by Gasteiger charge is -2.13. The average molecular weight is 306 g/mol. The van der Waals surface area contributed by atoms with Crippen molar-refractivity contribution in [3.63, 3.8) is 0 Å². The van der Waals surface area contributed by atoms with Crippen LogP contribution in [0.25, 0.3) is 0 Å². The first-order chi connectivity index (χ1) is 10.1. The zero-order valence-electron chi connectivity index (χ0n) is 12.2. The number of hydrogen-bond donors (Lipinski definition) is 2. The molecule has 0 amide bonds. The Morgan fingerprint density at radius 1 is 1.19 bits per heavy atom. The highest BCUT2D eigenvalue weighted by Gasteiger charge is 2.18. The summed E-state index contributed by atoms with van der Waals surface area (Å²) in [6.45, 7) is 1.37. The summed E-state index contributed by atoms with van der Waals surface area (Å²) >= 11 is 0. The van der Waals surface area contributed by atoms with Gasteiger partial charge >= 0.3 is 0 Å². The second kappa shape index (κ2) is 6.20. The molecule has 2 N–H and O–H groups in total. The monoisotopic (exact) mass is 306 g/mol. The minimum atomic E-state index is -3.40. The van der Waals surface area contributed by atoms with Crippen molar-refractivity contribution in [1.29, 1.82) is 0 Å². The zero-order chi connectivity index (χ0) is 14.7. The van der Waals surface area contributed by atoms with Crippen LogP contribution in [0.5, 0.6) is 0 Å². The number of anilines is 1. The molecular formula is C16H22N2O2S. The van der Waals surface area contributed by atoms with Gasteiger partial charge in [0.1, 0.15) is 0 Å². The Hall–Kier alpha value is -1.33. The van der Waals surface area contributed by atoms with Crippen molar-refractivity contribution >= 4 is 15.7 Å². The Morgan fingerprint density at radius 2 is 2.10 bits per heavy atom. The lowest BCUT2D eigenvalue weighted by Crippen LogP contribution is -2.25. The highest BCUT2D eigenvalue weighted by molar-refractivity contribution is 7.89. The molecular weight excluding hydrogens is 284 g/mol. The first-order valence-electron chi connectivity index (χ1n) is 7.69. The second-order valence-electron chi connectivity index (χ2n) is 5.75. The molecule has 0 aromatic heterocycles. The molecule has 0 fully saturated rings. The molecule has 0 unspecified atom stereocenters. The summed E-state index contributed by atoms with van der Waals surface area (Å²) in [5.41, 5.74) is 3.54. The summed E-state index contributed by atoms with van der Waals surface area (Å²) in [7, 11) is -3.40. The van der Waals surface area contributed by atoms with E-state index in [-0.39, 0.29) is 0 Å². The molecule has 1 aliphatic heterocycles. The van der Waals surface area contributed by atoms with E-state index in [0.717, 1.165) is 37.9 Å². The maximum atomic E-state index is 12.3. The second-order valence-corrected chi connectivity index (χ2v) is 7.52. The molecule has 2 aliphatic rings. The van der Waals surface area contributed by atoms with Gasteiger partial charge in [-0.1, -0.05) is 17.7 Å². The Bertz CT molecular complexity index is 650. The van der Waals surface area contributed by atoms with Crippen molar-refractivity contribution in [2.45, 2.75) is 43.4 Å². The smallest absolute Gasteiger partial charge is 0.240 e. The van der Waals surface area contributed by atoms with Crippen LogP contribution in [0.4, 0.5) is 5.69 Å². The molecule has 1 aliphatic carbocycles. The van der Waals surface area contributed by atoms with Crippen LogP contribution in [0, 0.1) is 0 Å². The maximum absolute atomic E-state index is 12.3. The quantitative estimate of drug-likeness (QED) is 0.822. The number of sulfonamides is 1. The SMILES string of the molecule is O=S(=O)(NCCC1=CCCCC1)c1ccc2c(c1)NCC2. The van der Waals surface area contributed by atoms with E-state index in [9.17, 15) is 8.42 Å². The lowest BCUT2D eigenvalue weighted by atomic mass is 9.97. The predicted octanol–water partition coefficient (Wildman–Crippen LogP) is 2.82.